The Morgan fingerprint density at radius 3 is 2.80 bits per heavy atom. The fraction of sp³-hybridized carbons (Fsp3) is 0.500. The quantitative estimate of drug-likeness (QED) is 0.756. The number of nitrogens with two attached hydrogens (primary N) is 1. The van der Waals surface area contributed by atoms with Crippen LogP contribution in [0.3, 0.4) is 0 Å². The van der Waals surface area contributed by atoms with Crippen LogP contribution in [0.25, 0.3) is 0 Å². The summed E-state index contributed by atoms with van der Waals surface area (Å²) in [4.78, 5) is 0. The summed E-state index contributed by atoms with van der Waals surface area (Å²) in [7, 11) is 0. The summed E-state index contributed by atoms with van der Waals surface area (Å²) in [5.74, 6) is 2.53. The number of nitrogens with one attached hydrogen (secondary N) is 1. The molecule has 3 N–H and O–H groups in total. The van der Waals surface area contributed by atoms with Crippen LogP contribution in [0.1, 0.15) is 18.4 Å². The van der Waals surface area contributed by atoms with Crippen LogP contribution in [0, 0.1) is 6.92 Å². The molecular weight excluding hydrogens is 204 g/mol. The van der Waals surface area contributed by atoms with Gasteiger partial charge >= 0.3 is 0 Å². The van der Waals surface area contributed by atoms with Gasteiger partial charge in [-0.15, -0.1) is 0 Å². The molecule has 1 aromatic rings. The van der Waals surface area contributed by atoms with Gasteiger partial charge in [-0.05, 0) is 42.9 Å². The molecule has 0 amide bonds. The molecule has 0 bridgehead atoms. The maximum absolute atomic E-state index is 6.03. The normalized spacial score (nSPS) is 17.7. The van der Waals surface area contributed by atoms with Crippen LogP contribution >= 0.6 is 11.8 Å². The molecule has 0 aromatic heterocycles. The van der Waals surface area contributed by atoms with E-state index in [2.05, 4.69) is 30.4 Å². The average Bonchev–Trinajstić information content (AvgIpc) is 2.26. The zero-order valence-electron chi connectivity index (χ0n) is 9.12. The summed E-state index contributed by atoms with van der Waals surface area (Å²) in [5.41, 5.74) is 9.19. The van der Waals surface area contributed by atoms with Crippen LogP contribution in [0.5, 0.6) is 0 Å². The minimum atomic E-state index is 0.607. The summed E-state index contributed by atoms with van der Waals surface area (Å²) in [6.45, 7) is 2.05. The lowest BCUT2D eigenvalue weighted by molar-refractivity contribution is 0.667. The summed E-state index contributed by atoms with van der Waals surface area (Å²) in [5, 5.41) is 3.55. The first-order chi connectivity index (χ1) is 7.27. The van der Waals surface area contributed by atoms with Crippen molar-refractivity contribution in [2.24, 2.45) is 0 Å². The van der Waals surface area contributed by atoms with E-state index < -0.39 is 0 Å². The van der Waals surface area contributed by atoms with E-state index in [-0.39, 0.29) is 0 Å². The Morgan fingerprint density at radius 1 is 1.33 bits per heavy atom. The second kappa shape index (κ2) is 4.79. The third kappa shape index (κ3) is 2.59. The van der Waals surface area contributed by atoms with Gasteiger partial charge in [0, 0.05) is 6.04 Å². The molecule has 2 nitrogen and oxygen atoms in total. The summed E-state index contributed by atoms with van der Waals surface area (Å²) in [6.07, 6.45) is 2.50. The predicted molar refractivity (Wildman–Crippen MR) is 69.6 cm³/mol. The number of aryl methyl sites for hydroxylation is 1. The first-order valence-electron chi connectivity index (χ1n) is 5.47. The third-order valence-corrected chi connectivity index (χ3v) is 3.95. The smallest absolute Gasteiger partial charge is 0.0579 e. The number of para-hydroxylation sites is 1. The summed E-state index contributed by atoms with van der Waals surface area (Å²) < 4.78 is 0. The lowest BCUT2D eigenvalue weighted by Gasteiger charge is -2.24. The van der Waals surface area contributed by atoms with E-state index in [1.807, 2.05) is 11.8 Å². The number of benzene rings is 1. The van der Waals surface area contributed by atoms with Gasteiger partial charge in [0.25, 0.3) is 0 Å². The Kier molecular flexibility index (Phi) is 3.41. The maximum atomic E-state index is 6.03. The van der Waals surface area contributed by atoms with Crippen molar-refractivity contribution in [3.05, 3.63) is 23.8 Å². The number of rotatable bonds is 2. The molecule has 15 heavy (non-hydrogen) atoms. The van der Waals surface area contributed by atoms with Crippen molar-refractivity contribution in [3.8, 4) is 0 Å². The van der Waals surface area contributed by atoms with Crippen LogP contribution in [0.4, 0.5) is 11.4 Å². The molecule has 0 atom stereocenters. The topological polar surface area (TPSA) is 38.0 Å². The van der Waals surface area contributed by atoms with Crippen molar-refractivity contribution in [2.75, 3.05) is 22.6 Å². The SMILES string of the molecule is Cc1cccc(NC2CCSCC2)c1N. The van der Waals surface area contributed by atoms with Gasteiger partial charge in [-0.3, -0.25) is 0 Å². The molecule has 0 aliphatic carbocycles. The second-order valence-corrected chi connectivity index (χ2v) is 5.29. The zero-order valence-corrected chi connectivity index (χ0v) is 9.94. The van der Waals surface area contributed by atoms with Gasteiger partial charge in [-0.25, -0.2) is 0 Å². The van der Waals surface area contributed by atoms with Crippen molar-refractivity contribution >= 4 is 23.1 Å². The fourth-order valence-electron chi connectivity index (χ4n) is 1.87. The molecule has 1 saturated heterocycles. The third-order valence-electron chi connectivity index (χ3n) is 2.91. The molecule has 1 aliphatic heterocycles. The van der Waals surface area contributed by atoms with Gasteiger partial charge in [0.15, 0.2) is 0 Å². The highest BCUT2D eigenvalue weighted by molar-refractivity contribution is 7.99. The highest BCUT2D eigenvalue weighted by Gasteiger charge is 2.14. The number of hydrogen-bond donors (Lipinski definition) is 2. The lowest BCUT2D eigenvalue weighted by Crippen LogP contribution is -2.25. The Morgan fingerprint density at radius 2 is 2.07 bits per heavy atom. The number of thioether (sulfide) groups is 1. The minimum Gasteiger partial charge on any atom is -0.397 e. The van der Waals surface area contributed by atoms with Crippen molar-refractivity contribution in [3.63, 3.8) is 0 Å². The predicted octanol–water partition coefficient (Wildman–Crippen LogP) is 2.88. The largest absolute Gasteiger partial charge is 0.397 e. The molecule has 3 heteroatoms. The highest BCUT2D eigenvalue weighted by Crippen LogP contribution is 2.26. The van der Waals surface area contributed by atoms with E-state index in [0.29, 0.717) is 6.04 Å². The Balaban J connectivity index is 2.06. The number of nitrogen functional groups attached to an aromatic ring is 1. The van der Waals surface area contributed by atoms with Gasteiger partial charge in [0.05, 0.1) is 11.4 Å². The van der Waals surface area contributed by atoms with Crippen LogP contribution in [-0.4, -0.2) is 17.5 Å². The minimum absolute atomic E-state index is 0.607. The van der Waals surface area contributed by atoms with E-state index >= 15 is 0 Å². The Bertz CT molecular complexity index is 332. The van der Waals surface area contributed by atoms with E-state index in [1.54, 1.807) is 0 Å². The maximum Gasteiger partial charge on any atom is 0.0579 e. The Labute approximate surface area is 95.6 Å². The molecule has 1 fully saturated rings. The van der Waals surface area contributed by atoms with Gasteiger partial charge < -0.3 is 11.1 Å². The number of anilines is 2. The van der Waals surface area contributed by atoms with Gasteiger partial charge in [-0.1, -0.05) is 12.1 Å². The van der Waals surface area contributed by atoms with Crippen LogP contribution < -0.4 is 11.1 Å². The zero-order chi connectivity index (χ0) is 10.7. The molecule has 2 rings (SSSR count). The average molecular weight is 222 g/mol. The van der Waals surface area contributed by atoms with Crippen LogP contribution in [-0.2, 0) is 0 Å². The molecule has 0 spiro atoms. The molecular formula is C12H18N2S. The first-order valence-corrected chi connectivity index (χ1v) is 6.62. The molecule has 0 saturated carbocycles. The van der Waals surface area contributed by atoms with Crippen molar-refractivity contribution in [1.29, 1.82) is 0 Å². The Hall–Kier alpha value is -0.830. The number of hydrogen-bond acceptors (Lipinski definition) is 3. The standard InChI is InChI=1S/C12H18N2S/c1-9-3-2-4-11(12(9)13)14-10-5-7-15-8-6-10/h2-4,10,14H,5-8,13H2,1H3. The molecule has 0 radical (unpaired) electrons. The van der Waals surface area contributed by atoms with Crippen molar-refractivity contribution < 1.29 is 0 Å². The molecule has 1 aliphatic rings. The molecule has 1 heterocycles. The summed E-state index contributed by atoms with van der Waals surface area (Å²) >= 11 is 2.05. The van der Waals surface area contributed by atoms with Crippen LogP contribution in [0.2, 0.25) is 0 Å². The molecule has 1 aromatic carbocycles. The molecule has 0 unspecified atom stereocenters. The fourth-order valence-corrected chi connectivity index (χ4v) is 2.97. The molecule has 82 valence electrons. The van der Waals surface area contributed by atoms with Gasteiger partial charge in [0.2, 0.25) is 0 Å². The van der Waals surface area contributed by atoms with Crippen LogP contribution in [0.15, 0.2) is 18.2 Å². The lowest BCUT2D eigenvalue weighted by atomic mass is 10.1. The van der Waals surface area contributed by atoms with E-state index in [4.69, 9.17) is 5.73 Å². The van der Waals surface area contributed by atoms with E-state index in [0.717, 1.165) is 16.9 Å². The van der Waals surface area contributed by atoms with Crippen molar-refractivity contribution in [1.82, 2.24) is 0 Å². The van der Waals surface area contributed by atoms with E-state index in [1.165, 1.54) is 24.3 Å². The summed E-state index contributed by atoms with van der Waals surface area (Å²) in [6, 6.07) is 6.79. The van der Waals surface area contributed by atoms with Crippen molar-refractivity contribution in [2.45, 2.75) is 25.8 Å². The van der Waals surface area contributed by atoms with Gasteiger partial charge in [-0.2, -0.15) is 11.8 Å². The monoisotopic (exact) mass is 222 g/mol. The van der Waals surface area contributed by atoms with Gasteiger partial charge in [0.1, 0.15) is 0 Å². The van der Waals surface area contributed by atoms with E-state index in [9.17, 15) is 0 Å². The highest BCUT2D eigenvalue weighted by atomic mass is 32.2. The second-order valence-electron chi connectivity index (χ2n) is 4.07. The first kappa shape index (κ1) is 10.7.